The highest BCUT2D eigenvalue weighted by molar-refractivity contribution is 5.12. The number of halogens is 2. The molecule has 13 heavy (non-hydrogen) atoms. The summed E-state index contributed by atoms with van der Waals surface area (Å²) in [5, 5.41) is 0. The van der Waals surface area contributed by atoms with Gasteiger partial charge in [-0.05, 0) is 0 Å². The van der Waals surface area contributed by atoms with Gasteiger partial charge in [0.05, 0.1) is 14.1 Å². The van der Waals surface area contributed by atoms with Crippen LogP contribution in [0, 0.1) is 0 Å². The summed E-state index contributed by atoms with van der Waals surface area (Å²) in [6.45, 7) is 1.11. The minimum Gasteiger partial charge on any atom is -1.00 e. The van der Waals surface area contributed by atoms with Crippen LogP contribution in [0.4, 0.5) is 0 Å². The van der Waals surface area contributed by atoms with Gasteiger partial charge in [-0.15, -0.1) is 0 Å². The summed E-state index contributed by atoms with van der Waals surface area (Å²) in [7, 11) is 4.32. The van der Waals surface area contributed by atoms with Crippen LogP contribution >= 0.6 is 0 Å². The van der Waals surface area contributed by atoms with Crippen molar-refractivity contribution in [2.75, 3.05) is 14.1 Å². The maximum atomic E-state index is 2.16. The topological polar surface area (TPSA) is 40.9 Å². The van der Waals surface area contributed by atoms with Crippen molar-refractivity contribution in [2.24, 2.45) is 0 Å². The molecular formula is C9H18Br2N2. The lowest BCUT2D eigenvalue weighted by molar-refractivity contribution is -0.872. The Hall–Kier alpha value is 0.1000. The molecule has 0 saturated carbocycles. The van der Waals surface area contributed by atoms with Gasteiger partial charge in [0.25, 0.3) is 0 Å². The monoisotopic (exact) mass is 312 g/mol. The van der Waals surface area contributed by atoms with Crippen LogP contribution in [0.1, 0.15) is 5.56 Å². The molecule has 1 rings (SSSR count). The molecule has 0 radical (unpaired) electrons. The molecule has 0 saturated heterocycles. The average Bonchev–Trinajstić information content (AvgIpc) is 1.88. The van der Waals surface area contributed by atoms with Gasteiger partial charge in [0.2, 0.25) is 0 Å². The number of quaternary nitrogens is 2. The van der Waals surface area contributed by atoms with Crippen LogP contribution in [0.2, 0.25) is 0 Å². The van der Waals surface area contributed by atoms with Crippen LogP contribution in [0.3, 0.4) is 0 Å². The van der Waals surface area contributed by atoms with E-state index in [-0.39, 0.29) is 40.1 Å². The molecule has 0 aliphatic rings. The zero-order valence-electron chi connectivity index (χ0n) is 8.35. The van der Waals surface area contributed by atoms with Crippen molar-refractivity contribution >= 4 is 0 Å². The largest absolute Gasteiger partial charge is 1.00 e. The third kappa shape index (κ3) is 8.43. The van der Waals surface area contributed by atoms with Crippen molar-refractivity contribution in [1.29, 1.82) is 0 Å². The van der Waals surface area contributed by atoms with E-state index in [4.69, 9.17) is 0 Å². The van der Waals surface area contributed by atoms with E-state index in [1.165, 1.54) is 10.5 Å². The van der Waals surface area contributed by atoms with E-state index in [0.29, 0.717) is 0 Å². The molecule has 0 aliphatic heterocycles. The molecule has 0 aromatic heterocycles. The van der Waals surface area contributed by atoms with Crippen molar-refractivity contribution in [3.05, 3.63) is 35.9 Å². The summed E-state index contributed by atoms with van der Waals surface area (Å²) in [6, 6.07) is 10.5. The van der Waals surface area contributed by atoms with Crippen molar-refractivity contribution < 1.29 is 38.9 Å². The second-order valence-electron chi connectivity index (χ2n) is 2.87. The molecule has 4 heteroatoms. The molecule has 2 nitrogen and oxygen atoms in total. The molecule has 0 fully saturated rings. The van der Waals surface area contributed by atoms with E-state index in [1.807, 2.05) is 0 Å². The maximum Gasteiger partial charge on any atom is 0.102 e. The highest BCUT2D eigenvalue weighted by atomic mass is 79.9. The second-order valence-corrected chi connectivity index (χ2v) is 2.87. The fraction of sp³-hybridized carbons (Fsp3) is 0.333. The zero-order valence-corrected chi connectivity index (χ0v) is 11.5. The minimum absolute atomic E-state index is 0. The van der Waals surface area contributed by atoms with E-state index in [2.05, 4.69) is 44.4 Å². The molecule has 0 amide bonds. The van der Waals surface area contributed by atoms with Crippen molar-refractivity contribution in [1.82, 2.24) is 6.15 Å². The average molecular weight is 314 g/mol. The normalized spacial score (nSPS) is 7.92. The summed E-state index contributed by atoms with van der Waals surface area (Å²) in [4.78, 5) is 1.46. The zero-order chi connectivity index (χ0) is 7.40. The van der Waals surface area contributed by atoms with Gasteiger partial charge in [-0.3, -0.25) is 0 Å². The number of hydrogen-bond donors (Lipinski definition) is 2. The van der Waals surface area contributed by atoms with Gasteiger partial charge < -0.3 is 45.0 Å². The molecule has 1 aromatic rings. The molecule has 0 bridgehead atoms. The van der Waals surface area contributed by atoms with Crippen molar-refractivity contribution in [3.63, 3.8) is 0 Å². The first-order chi connectivity index (χ1) is 4.79. The molecular weight excluding hydrogens is 296 g/mol. The van der Waals surface area contributed by atoms with E-state index in [1.54, 1.807) is 0 Å². The van der Waals surface area contributed by atoms with Crippen LogP contribution in [-0.4, -0.2) is 14.1 Å². The number of benzene rings is 1. The first kappa shape index (κ1) is 18.8. The Morgan fingerprint density at radius 3 is 1.85 bits per heavy atom. The molecule has 0 unspecified atom stereocenters. The first-order valence-corrected chi connectivity index (χ1v) is 3.62. The Bertz CT molecular complexity index is 190. The van der Waals surface area contributed by atoms with Crippen LogP contribution in [0.15, 0.2) is 30.3 Å². The molecule has 0 heterocycles. The van der Waals surface area contributed by atoms with Crippen molar-refractivity contribution in [3.8, 4) is 0 Å². The predicted molar refractivity (Wildman–Crippen MR) is 48.9 cm³/mol. The van der Waals surface area contributed by atoms with Crippen LogP contribution in [0.25, 0.3) is 0 Å². The maximum absolute atomic E-state index is 2.16. The Balaban J connectivity index is -0.000000333. The van der Waals surface area contributed by atoms with Crippen molar-refractivity contribution in [2.45, 2.75) is 6.54 Å². The number of nitrogens with one attached hydrogen (secondary N) is 1. The third-order valence-electron chi connectivity index (χ3n) is 1.40. The van der Waals surface area contributed by atoms with E-state index in [9.17, 15) is 0 Å². The SMILES string of the molecule is C[NH+](C)Cc1ccccc1.[Br-].[Br-].[NH4+]. The highest BCUT2D eigenvalue weighted by Gasteiger charge is 1.93. The molecule has 0 atom stereocenters. The smallest absolute Gasteiger partial charge is 0.102 e. The van der Waals surface area contributed by atoms with E-state index < -0.39 is 0 Å². The van der Waals surface area contributed by atoms with E-state index in [0.717, 1.165) is 6.54 Å². The van der Waals surface area contributed by atoms with Gasteiger partial charge in [0.15, 0.2) is 0 Å². The van der Waals surface area contributed by atoms with Gasteiger partial charge in [0, 0.05) is 5.56 Å². The minimum atomic E-state index is 0. The molecule has 0 aliphatic carbocycles. The number of hydrogen-bond acceptors (Lipinski definition) is 0. The molecule has 5 N–H and O–H groups in total. The lowest BCUT2D eigenvalue weighted by atomic mass is 10.2. The first-order valence-electron chi connectivity index (χ1n) is 3.62. The Labute approximate surface area is 101 Å². The summed E-state index contributed by atoms with van der Waals surface area (Å²) in [6.07, 6.45) is 0. The van der Waals surface area contributed by atoms with Gasteiger partial charge in [-0.1, -0.05) is 30.3 Å². The Morgan fingerprint density at radius 1 is 1.00 bits per heavy atom. The Morgan fingerprint density at radius 2 is 1.46 bits per heavy atom. The second kappa shape index (κ2) is 10.2. The highest BCUT2D eigenvalue weighted by Crippen LogP contribution is 1.94. The summed E-state index contributed by atoms with van der Waals surface area (Å²) in [5.41, 5.74) is 1.41. The number of rotatable bonds is 2. The van der Waals surface area contributed by atoms with Gasteiger partial charge in [-0.25, -0.2) is 0 Å². The van der Waals surface area contributed by atoms with E-state index >= 15 is 0 Å². The Kier molecular flexibility index (Phi) is 14.7. The van der Waals surface area contributed by atoms with Gasteiger partial charge >= 0.3 is 0 Å². The van der Waals surface area contributed by atoms with Crippen LogP contribution in [0.5, 0.6) is 0 Å². The summed E-state index contributed by atoms with van der Waals surface area (Å²) < 4.78 is 0. The lowest BCUT2D eigenvalue weighted by Crippen LogP contribution is -3.04. The van der Waals surface area contributed by atoms with Crippen LogP contribution in [-0.2, 0) is 6.54 Å². The lowest BCUT2D eigenvalue weighted by Gasteiger charge is -2.05. The van der Waals surface area contributed by atoms with Gasteiger partial charge in [0.1, 0.15) is 6.54 Å². The quantitative estimate of drug-likeness (QED) is 0.548. The summed E-state index contributed by atoms with van der Waals surface area (Å²) >= 11 is 0. The molecule has 0 spiro atoms. The fourth-order valence-electron chi connectivity index (χ4n) is 1.00. The molecule has 1 aromatic carbocycles. The fourth-order valence-corrected chi connectivity index (χ4v) is 1.00. The van der Waals surface area contributed by atoms with Gasteiger partial charge in [-0.2, -0.15) is 0 Å². The summed E-state index contributed by atoms with van der Waals surface area (Å²) in [5.74, 6) is 0. The molecule has 78 valence electrons. The van der Waals surface area contributed by atoms with Crippen LogP contribution < -0.4 is 45.0 Å². The predicted octanol–water partition coefficient (Wildman–Crippen LogP) is -5.28. The standard InChI is InChI=1S/C9H13N.2BrH.H3N/c1-10(2)8-9-6-4-3-5-7-9;;;/h3-7H,8H2,1-2H3;2*1H;1H3. The third-order valence-corrected chi connectivity index (χ3v) is 1.40.